The largest absolute Gasteiger partial charge is 0.446 e. The zero-order valence-corrected chi connectivity index (χ0v) is 14.2. The Morgan fingerprint density at radius 2 is 1.56 bits per heavy atom. The number of ether oxygens (including phenoxy) is 1. The van der Waals surface area contributed by atoms with Gasteiger partial charge in [0.15, 0.2) is 0 Å². The highest BCUT2D eigenvalue weighted by Gasteiger charge is 2.31. The number of amides is 1. The van der Waals surface area contributed by atoms with Crippen molar-refractivity contribution in [2.45, 2.75) is 72.1 Å². The van der Waals surface area contributed by atoms with E-state index in [1.165, 1.54) is 0 Å². The lowest BCUT2D eigenvalue weighted by Gasteiger charge is -2.33. The molecular formula is C14H29NO2Si. The Balaban J connectivity index is 4.89. The monoisotopic (exact) mass is 271 g/mol. The molecule has 0 bridgehead atoms. The Morgan fingerprint density at radius 1 is 1.11 bits per heavy atom. The van der Waals surface area contributed by atoms with Crippen LogP contribution in [0.15, 0.2) is 12.2 Å². The molecule has 0 radical (unpaired) electrons. The molecule has 0 aromatic rings. The van der Waals surface area contributed by atoms with E-state index in [4.69, 9.17) is 4.74 Å². The van der Waals surface area contributed by atoms with Crippen molar-refractivity contribution < 1.29 is 9.53 Å². The van der Waals surface area contributed by atoms with Crippen LogP contribution in [-0.2, 0) is 4.74 Å². The summed E-state index contributed by atoms with van der Waals surface area (Å²) in [4.78, 5) is 14.0. The molecule has 0 fully saturated rings. The van der Waals surface area contributed by atoms with E-state index < -0.39 is 8.07 Å². The van der Waals surface area contributed by atoms with E-state index in [0.29, 0.717) is 0 Å². The summed E-state index contributed by atoms with van der Waals surface area (Å²) in [7, 11) is -1.54. The molecule has 0 aliphatic carbocycles. The molecule has 0 aromatic carbocycles. The highest BCUT2D eigenvalue weighted by molar-refractivity contribution is 6.77. The summed E-state index contributed by atoms with van der Waals surface area (Å²) in [5.41, 5.74) is -0.0602. The number of hydrogen-bond donors (Lipinski definition) is 0. The van der Waals surface area contributed by atoms with Crippen LogP contribution in [0.1, 0.15) is 34.6 Å². The summed E-state index contributed by atoms with van der Waals surface area (Å²) in [6.07, 6.45) is 3.76. The van der Waals surface area contributed by atoms with Crippen molar-refractivity contribution in [2.24, 2.45) is 0 Å². The molecule has 0 rings (SSSR count). The fourth-order valence-electron chi connectivity index (χ4n) is 1.87. The van der Waals surface area contributed by atoms with E-state index in [-0.39, 0.29) is 23.9 Å². The van der Waals surface area contributed by atoms with Crippen molar-refractivity contribution in [3.8, 4) is 0 Å². The van der Waals surface area contributed by atoms with Crippen LogP contribution in [0.2, 0.25) is 19.6 Å². The first-order valence-electron chi connectivity index (χ1n) is 6.73. The van der Waals surface area contributed by atoms with Crippen molar-refractivity contribution in [3.63, 3.8) is 0 Å². The number of allylic oxidation sites excluding steroid dienone is 1. The summed E-state index contributed by atoms with van der Waals surface area (Å²) in [5.74, 6) is 0. The Kier molecular flexibility index (Phi) is 6.67. The number of rotatable bonds is 5. The van der Waals surface area contributed by atoms with Crippen molar-refractivity contribution in [1.29, 1.82) is 0 Å². The van der Waals surface area contributed by atoms with Gasteiger partial charge in [-0.2, -0.15) is 0 Å². The maximum absolute atomic E-state index is 12.3. The van der Waals surface area contributed by atoms with Gasteiger partial charge >= 0.3 is 6.09 Å². The van der Waals surface area contributed by atoms with Crippen LogP contribution in [0.25, 0.3) is 0 Å². The van der Waals surface area contributed by atoms with E-state index in [9.17, 15) is 4.79 Å². The van der Waals surface area contributed by atoms with Crippen molar-refractivity contribution in [1.82, 2.24) is 4.90 Å². The lowest BCUT2D eigenvalue weighted by Crippen LogP contribution is -2.47. The van der Waals surface area contributed by atoms with Gasteiger partial charge < -0.3 is 9.64 Å². The number of nitrogens with zero attached hydrogens (tertiary/aromatic N) is 1. The highest BCUT2D eigenvalue weighted by Crippen LogP contribution is 2.16. The molecule has 4 heteroatoms. The summed E-state index contributed by atoms with van der Waals surface area (Å²) >= 11 is 0. The molecule has 1 amide bonds. The standard InChI is InChI=1S/C14H29NO2Si/c1-9-10-13(18(6,7)8)17-14(16)15(11(2)3)12(4)5/h9-13H,1-8H3/b10-9+. The fraction of sp³-hybridized carbons (Fsp3) is 0.786. The van der Waals surface area contributed by atoms with Crippen molar-refractivity contribution in [3.05, 3.63) is 12.2 Å². The zero-order chi connectivity index (χ0) is 14.5. The molecule has 0 aliphatic rings. The van der Waals surface area contributed by atoms with Gasteiger partial charge in [-0.3, -0.25) is 0 Å². The summed E-state index contributed by atoms with van der Waals surface area (Å²) < 4.78 is 5.70. The third kappa shape index (κ3) is 5.25. The van der Waals surface area contributed by atoms with Gasteiger partial charge in [-0.25, -0.2) is 4.79 Å². The minimum atomic E-state index is -1.54. The second-order valence-corrected chi connectivity index (χ2v) is 11.6. The van der Waals surface area contributed by atoms with Gasteiger partial charge in [-0.1, -0.05) is 31.8 Å². The van der Waals surface area contributed by atoms with Gasteiger partial charge in [-0.05, 0) is 34.6 Å². The van der Waals surface area contributed by atoms with Gasteiger partial charge in [0.1, 0.15) is 5.73 Å². The molecule has 0 aliphatic heterocycles. The second kappa shape index (κ2) is 6.97. The van der Waals surface area contributed by atoms with Crippen LogP contribution in [0.5, 0.6) is 0 Å². The maximum Gasteiger partial charge on any atom is 0.410 e. The minimum Gasteiger partial charge on any atom is -0.446 e. The van der Waals surface area contributed by atoms with Crippen LogP contribution < -0.4 is 0 Å². The molecule has 0 aromatic heterocycles. The van der Waals surface area contributed by atoms with Crippen molar-refractivity contribution in [2.75, 3.05) is 0 Å². The lowest BCUT2D eigenvalue weighted by atomic mass is 10.2. The quantitative estimate of drug-likeness (QED) is 0.557. The second-order valence-electron chi connectivity index (χ2n) is 6.29. The first kappa shape index (κ1) is 17.2. The fourth-order valence-corrected chi connectivity index (χ4v) is 3.09. The Morgan fingerprint density at radius 3 is 1.83 bits per heavy atom. The Hall–Kier alpha value is -0.773. The molecule has 0 saturated heterocycles. The Labute approximate surface area is 113 Å². The minimum absolute atomic E-state index is 0.0602. The van der Waals surface area contributed by atoms with Crippen molar-refractivity contribution >= 4 is 14.2 Å². The van der Waals surface area contributed by atoms with Crippen LogP contribution >= 0.6 is 0 Å². The first-order valence-corrected chi connectivity index (χ1v) is 10.3. The molecule has 3 nitrogen and oxygen atoms in total. The van der Waals surface area contributed by atoms with E-state index in [1.54, 1.807) is 4.90 Å². The molecule has 0 N–H and O–H groups in total. The molecule has 0 spiro atoms. The van der Waals surface area contributed by atoms with E-state index in [0.717, 1.165) is 0 Å². The number of carbonyl (C=O) groups excluding carboxylic acids is 1. The van der Waals surface area contributed by atoms with Crippen LogP contribution in [0.4, 0.5) is 4.79 Å². The number of hydrogen-bond acceptors (Lipinski definition) is 2. The Bertz CT molecular complexity index is 285. The molecule has 1 unspecified atom stereocenters. The summed E-state index contributed by atoms with van der Waals surface area (Å²) in [6, 6.07) is 0.316. The van der Waals surface area contributed by atoms with Gasteiger partial charge in [-0.15, -0.1) is 0 Å². The van der Waals surface area contributed by atoms with Gasteiger partial charge in [0.25, 0.3) is 0 Å². The molecular weight excluding hydrogens is 242 g/mol. The third-order valence-corrected chi connectivity index (χ3v) is 4.79. The van der Waals surface area contributed by atoms with Gasteiger partial charge in [0, 0.05) is 12.1 Å². The highest BCUT2D eigenvalue weighted by atomic mass is 28.3. The van der Waals surface area contributed by atoms with Gasteiger partial charge in [0.05, 0.1) is 8.07 Å². The SMILES string of the molecule is C/C=C/C(OC(=O)N(C(C)C)C(C)C)[Si](C)(C)C. The normalized spacial score (nSPS) is 14.3. The zero-order valence-electron chi connectivity index (χ0n) is 13.2. The smallest absolute Gasteiger partial charge is 0.410 e. The average Bonchev–Trinajstić information content (AvgIpc) is 2.13. The predicted molar refractivity (Wildman–Crippen MR) is 80.5 cm³/mol. The van der Waals surface area contributed by atoms with Crippen LogP contribution in [-0.4, -0.2) is 36.9 Å². The maximum atomic E-state index is 12.3. The number of carbonyl (C=O) groups is 1. The summed E-state index contributed by atoms with van der Waals surface area (Å²) in [6.45, 7) is 16.6. The average molecular weight is 271 g/mol. The molecule has 0 saturated carbocycles. The summed E-state index contributed by atoms with van der Waals surface area (Å²) in [5, 5.41) is 0. The molecule has 1 atom stereocenters. The molecule has 18 heavy (non-hydrogen) atoms. The molecule has 0 heterocycles. The third-order valence-electron chi connectivity index (χ3n) is 2.77. The van der Waals surface area contributed by atoms with Gasteiger partial charge in [0.2, 0.25) is 0 Å². The van der Waals surface area contributed by atoms with E-state index >= 15 is 0 Å². The van der Waals surface area contributed by atoms with E-state index in [1.807, 2.05) is 46.8 Å². The first-order chi connectivity index (χ1) is 8.11. The topological polar surface area (TPSA) is 29.5 Å². The predicted octanol–water partition coefficient (Wildman–Crippen LogP) is 4.06. The lowest BCUT2D eigenvalue weighted by molar-refractivity contribution is 0.0766. The van der Waals surface area contributed by atoms with E-state index in [2.05, 4.69) is 19.6 Å². The van der Waals surface area contributed by atoms with Crippen LogP contribution in [0.3, 0.4) is 0 Å². The molecule has 106 valence electrons. The van der Waals surface area contributed by atoms with Crippen LogP contribution in [0, 0.1) is 0 Å².